The Bertz CT molecular complexity index is 1350. The van der Waals surface area contributed by atoms with E-state index in [-0.39, 0.29) is 0 Å². The number of aromatic amines is 1. The van der Waals surface area contributed by atoms with Gasteiger partial charge in [-0.25, -0.2) is 15.0 Å². The molecular weight excluding hydrogens is 378 g/mol. The average Bonchev–Trinajstić information content (AvgIpc) is 3.30. The van der Waals surface area contributed by atoms with E-state index in [1.165, 1.54) is 0 Å². The highest BCUT2D eigenvalue weighted by Gasteiger charge is 2.12. The minimum Gasteiger partial charge on any atom is -0.492 e. The number of nitrogens with zero attached hydrogens (tertiary/aromatic N) is 4. The fourth-order valence-corrected chi connectivity index (χ4v) is 3.64. The Hall–Kier alpha value is -4.07. The first-order valence-corrected chi connectivity index (χ1v) is 9.64. The van der Waals surface area contributed by atoms with Gasteiger partial charge in [0.2, 0.25) is 0 Å². The molecule has 0 aliphatic heterocycles. The summed E-state index contributed by atoms with van der Waals surface area (Å²) in [7, 11) is 0. The lowest BCUT2D eigenvalue weighted by molar-refractivity contribution is 0.299. The summed E-state index contributed by atoms with van der Waals surface area (Å²) in [5.74, 6) is 2.45. The fraction of sp³-hybridized carbons (Fsp3) is 0.136. The van der Waals surface area contributed by atoms with E-state index >= 15 is 0 Å². The van der Waals surface area contributed by atoms with Crippen molar-refractivity contribution in [2.45, 2.75) is 13.5 Å². The van der Waals surface area contributed by atoms with E-state index in [1.54, 1.807) is 12.1 Å². The van der Waals surface area contributed by atoms with Crippen LogP contribution >= 0.6 is 0 Å². The van der Waals surface area contributed by atoms with E-state index in [9.17, 15) is 0 Å². The maximum absolute atomic E-state index is 5.98. The van der Waals surface area contributed by atoms with Crippen LogP contribution in [0.25, 0.3) is 33.3 Å². The number of nitrogen functional groups attached to an aromatic ring is 2. The maximum Gasteiger partial charge on any atom is 0.160 e. The zero-order chi connectivity index (χ0) is 20.7. The monoisotopic (exact) mass is 399 g/mol. The van der Waals surface area contributed by atoms with Crippen LogP contribution in [0.4, 0.5) is 11.6 Å². The van der Waals surface area contributed by atoms with Crippen molar-refractivity contribution in [1.82, 2.24) is 24.5 Å². The van der Waals surface area contributed by atoms with E-state index in [4.69, 9.17) is 21.2 Å². The second kappa shape index (κ2) is 7.07. The molecule has 5 aromatic rings. The summed E-state index contributed by atoms with van der Waals surface area (Å²) < 4.78 is 8.03. The number of hydrogen-bond donors (Lipinski definition) is 3. The number of ether oxygens (including phenoxy) is 1. The van der Waals surface area contributed by atoms with Gasteiger partial charge in [0, 0.05) is 22.7 Å². The Balaban J connectivity index is 1.41. The minimum absolute atomic E-state index is 0.365. The quantitative estimate of drug-likeness (QED) is 0.416. The molecule has 0 saturated carbocycles. The van der Waals surface area contributed by atoms with E-state index in [1.807, 2.05) is 49.5 Å². The molecule has 150 valence electrons. The molecule has 0 aliphatic carbocycles. The normalized spacial score (nSPS) is 11.4. The Kier molecular flexibility index (Phi) is 4.24. The van der Waals surface area contributed by atoms with Crippen molar-refractivity contribution in [3.8, 4) is 17.0 Å². The van der Waals surface area contributed by atoms with E-state index in [2.05, 4.69) is 19.5 Å². The van der Waals surface area contributed by atoms with Crippen molar-refractivity contribution < 1.29 is 4.74 Å². The van der Waals surface area contributed by atoms with Crippen LogP contribution < -0.4 is 16.2 Å². The molecule has 0 atom stereocenters. The van der Waals surface area contributed by atoms with Crippen molar-refractivity contribution in [3.63, 3.8) is 0 Å². The van der Waals surface area contributed by atoms with Crippen LogP contribution in [0.3, 0.4) is 0 Å². The van der Waals surface area contributed by atoms with Crippen LogP contribution in [0.1, 0.15) is 5.82 Å². The van der Waals surface area contributed by atoms with Gasteiger partial charge in [-0.3, -0.25) is 0 Å². The Morgan fingerprint density at radius 1 is 0.967 bits per heavy atom. The number of fused-ring (bicyclic) bond motifs is 2. The van der Waals surface area contributed by atoms with Gasteiger partial charge in [-0.1, -0.05) is 0 Å². The molecule has 30 heavy (non-hydrogen) atoms. The summed E-state index contributed by atoms with van der Waals surface area (Å²) in [5.41, 5.74) is 16.0. The second-order valence-corrected chi connectivity index (χ2v) is 7.13. The molecule has 0 fully saturated rings. The van der Waals surface area contributed by atoms with Gasteiger partial charge in [-0.15, -0.1) is 0 Å². The predicted molar refractivity (Wildman–Crippen MR) is 118 cm³/mol. The number of hydrogen-bond acceptors (Lipinski definition) is 6. The Labute approximate surface area is 172 Å². The second-order valence-electron chi connectivity index (χ2n) is 7.13. The van der Waals surface area contributed by atoms with Crippen LogP contribution in [-0.2, 0) is 6.54 Å². The number of nitrogens with two attached hydrogens (primary N) is 2. The summed E-state index contributed by atoms with van der Waals surface area (Å²) in [5, 5.41) is 1.12. The number of aryl methyl sites for hydroxylation is 1. The third-order valence-corrected chi connectivity index (χ3v) is 5.05. The largest absolute Gasteiger partial charge is 0.492 e. The molecule has 0 unspecified atom stereocenters. The smallest absolute Gasteiger partial charge is 0.160 e. The van der Waals surface area contributed by atoms with Crippen molar-refractivity contribution in [2.75, 3.05) is 18.1 Å². The lowest BCUT2D eigenvalue weighted by Gasteiger charge is -2.10. The van der Waals surface area contributed by atoms with Gasteiger partial charge in [0.15, 0.2) is 5.65 Å². The SMILES string of the molecule is Cc1nc2ccc(-c3cc(N)nc(N)c3)nc2n1CCOc1ccc2[nH]ccc2c1. The lowest BCUT2D eigenvalue weighted by Crippen LogP contribution is -2.10. The summed E-state index contributed by atoms with van der Waals surface area (Å²) in [6.45, 7) is 3.10. The first-order chi connectivity index (χ1) is 14.6. The Morgan fingerprint density at radius 3 is 2.63 bits per heavy atom. The van der Waals surface area contributed by atoms with Gasteiger partial charge in [0.05, 0.1) is 12.2 Å². The van der Waals surface area contributed by atoms with Crippen LogP contribution in [0.2, 0.25) is 0 Å². The van der Waals surface area contributed by atoms with Gasteiger partial charge in [-0.05, 0) is 55.5 Å². The molecule has 0 radical (unpaired) electrons. The van der Waals surface area contributed by atoms with Gasteiger partial charge < -0.3 is 25.8 Å². The third-order valence-electron chi connectivity index (χ3n) is 5.05. The van der Waals surface area contributed by atoms with Crippen molar-refractivity contribution in [2.24, 2.45) is 0 Å². The number of aromatic nitrogens is 5. The first-order valence-electron chi connectivity index (χ1n) is 9.64. The number of rotatable bonds is 5. The molecule has 0 bridgehead atoms. The van der Waals surface area contributed by atoms with Gasteiger partial charge in [0.25, 0.3) is 0 Å². The molecule has 8 heteroatoms. The van der Waals surface area contributed by atoms with Crippen molar-refractivity contribution in [1.29, 1.82) is 0 Å². The topological polar surface area (TPSA) is 121 Å². The highest BCUT2D eigenvalue weighted by molar-refractivity contribution is 5.80. The summed E-state index contributed by atoms with van der Waals surface area (Å²) in [4.78, 5) is 16.6. The standard InChI is InChI=1S/C22H21N7O/c1-13-26-19-5-4-18(15-11-20(23)28-21(24)12-15)27-22(19)29(13)8-9-30-16-2-3-17-14(10-16)6-7-25-17/h2-7,10-12,25H,8-9H2,1H3,(H4,23,24,28). The third kappa shape index (κ3) is 3.28. The zero-order valence-electron chi connectivity index (χ0n) is 16.5. The predicted octanol–water partition coefficient (Wildman–Crippen LogP) is 3.53. The van der Waals surface area contributed by atoms with E-state index in [0.29, 0.717) is 24.8 Å². The molecular formula is C22H21N7O. The van der Waals surface area contributed by atoms with Crippen LogP contribution in [0.15, 0.2) is 54.7 Å². The number of benzene rings is 1. The molecule has 1 aromatic carbocycles. The molecule has 5 N–H and O–H groups in total. The fourth-order valence-electron chi connectivity index (χ4n) is 3.64. The van der Waals surface area contributed by atoms with E-state index in [0.717, 1.165) is 44.9 Å². The van der Waals surface area contributed by atoms with Crippen LogP contribution in [-0.4, -0.2) is 31.1 Å². The number of nitrogens with one attached hydrogen (secondary N) is 1. The molecule has 4 heterocycles. The Morgan fingerprint density at radius 2 is 1.80 bits per heavy atom. The van der Waals surface area contributed by atoms with Crippen molar-refractivity contribution >= 4 is 33.7 Å². The van der Waals surface area contributed by atoms with Crippen molar-refractivity contribution in [3.05, 3.63) is 60.6 Å². The maximum atomic E-state index is 5.98. The molecule has 4 aromatic heterocycles. The highest BCUT2D eigenvalue weighted by atomic mass is 16.5. The van der Waals surface area contributed by atoms with E-state index < -0.39 is 0 Å². The summed E-state index contributed by atoms with van der Waals surface area (Å²) >= 11 is 0. The number of H-pyrrole nitrogens is 1. The zero-order valence-corrected chi connectivity index (χ0v) is 16.5. The molecule has 5 rings (SSSR count). The minimum atomic E-state index is 0.365. The molecule has 0 aliphatic rings. The number of pyridine rings is 2. The lowest BCUT2D eigenvalue weighted by atomic mass is 10.1. The average molecular weight is 399 g/mol. The summed E-state index contributed by atoms with van der Waals surface area (Å²) in [6.07, 6.45) is 1.92. The van der Waals surface area contributed by atoms with Crippen LogP contribution in [0, 0.1) is 6.92 Å². The molecule has 0 spiro atoms. The summed E-state index contributed by atoms with van der Waals surface area (Å²) in [6, 6.07) is 15.4. The highest BCUT2D eigenvalue weighted by Crippen LogP contribution is 2.24. The molecule has 0 amide bonds. The molecule has 0 saturated heterocycles. The van der Waals surface area contributed by atoms with Gasteiger partial charge >= 0.3 is 0 Å². The van der Waals surface area contributed by atoms with Crippen LogP contribution in [0.5, 0.6) is 5.75 Å². The molecule has 8 nitrogen and oxygen atoms in total. The number of anilines is 2. The first kappa shape index (κ1) is 18.0. The van der Waals surface area contributed by atoms with Gasteiger partial charge in [0.1, 0.15) is 35.3 Å². The van der Waals surface area contributed by atoms with Gasteiger partial charge in [-0.2, -0.15) is 0 Å². The number of imidazole rings is 1.